The van der Waals surface area contributed by atoms with Crippen LogP contribution in [0.1, 0.15) is 16.1 Å². The molecule has 80 valence electrons. The number of pyridine rings is 1. The Bertz CT molecular complexity index is 526. The van der Waals surface area contributed by atoms with E-state index in [1.165, 1.54) is 12.1 Å². The summed E-state index contributed by atoms with van der Waals surface area (Å²) in [7, 11) is 0. The van der Waals surface area contributed by atoms with E-state index in [1.54, 1.807) is 25.5 Å². The molecule has 0 bridgehead atoms. The molecule has 0 atom stereocenters. The lowest BCUT2D eigenvalue weighted by atomic mass is 10.1. The molecule has 0 unspecified atom stereocenters. The second-order valence-corrected chi connectivity index (χ2v) is 3.28. The molecule has 2 rings (SSSR count). The van der Waals surface area contributed by atoms with Gasteiger partial charge in [0.15, 0.2) is 0 Å². The van der Waals surface area contributed by atoms with Crippen molar-refractivity contribution in [3.8, 4) is 11.4 Å². The molecule has 2 aromatic heterocycles. The molecule has 0 fully saturated rings. The number of carbonyl (C=O) groups is 1. The Balaban J connectivity index is 2.54. The van der Waals surface area contributed by atoms with Crippen LogP contribution in [-0.4, -0.2) is 26.0 Å². The standard InChI is InChI=1S/C11H9N3O2/c1-7-4-8(11(15)16)5-9(14-7)10-6-12-2-3-13-10/h2-6H,1H3,(H,15,16). The fourth-order valence-electron chi connectivity index (χ4n) is 1.35. The molecule has 0 radical (unpaired) electrons. The van der Waals surface area contributed by atoms with Crippen molar-refractivity contribution in [2.45, 2.75) is 6.92 Å². The van der Waals surface area contributed by atoms with Crippen LogP contribution in [0, 0.1) is 6.92 Å². The minimum Gasteiger partial charge on any atom is -0.478 e. The minimum absolute atomic E-state index is 0.202. The summed E-state index contributed by atoms with van der Waals surface area (Å²) in [6, 6.07) is 3.00. The molecule has 0 aromatic carbocycles. The Hall–Kier alpha value is -2.30. The Labute approximate surface area is 91.8 Å². The van der Waals surface area contributed by atoms with Gasteiger partial charge in [-0.3, -0.25) is 15.0 Å². The lowest BCUT2D eigenvalue weighted by Crippen LogP contribution is -2.00. The first-order valence-electron chi connectivity index (χ1n) is 4.65. The Morgan fingerprint density at radius 1 is 1.25 bits per heavy atom. The summed E-state index contributed by atoms with van der Waals surface area (Å²) in [4.78, 5) is 23.1. The molecule has 0 spiro atoms. The summed E-state index contributed by atoms with van der Waals surface area (Å²) < 4.78 is 0. The van der Waals surface area contributed by atoms with Gasteiger partial charge in [0.2, 0.25) is 0 Å². The lowest BCUT2D eigenvalue weighted by Gasteiger charge is -2.02. The molecule has 5 nitrogen and oxygen atoms in total. The number of aryl methyl sites for hydroxylation is 1. The average molecular weight is 215 g/mol. The molecule has 0 saturated carbocycles. The number of rotatable bonds is 2. The van der Waals surface area contributed by atoms with Crippen molar-refractivity contribution in [3.63, 3.8) is 0 Å². The smallest absolute Gasteiger partial charge is 0.335 e. The van der Waals surface area contributed by atoms with Crippen LogP contribution in [0.4, 0.5) is 0 Å². The second-order valence-electron chi connectivity index (χ2n) is 3.28. The van der Waals surface area contributed by atoms with E-state index >= 15 is 0 Å². The number of nitrogens with zero attached hydrogens (tertiary/aromatic N) is 3. The number of carboxylic acids is 1. The van der Waals surface area contributed by atoms with Crippen LogP contribution < -0.4 is 0 Å². The highest BCUT2D eigenvalue weighted by molar-refractivity contribution is 5.88. The zero-order valence-electron chi connectivity index (χ0n) is 8.58. The SMILES string of the molecule is Cc1cc(C(=O)O)cc(-c2cnccn2)n1. The van der Waals surface area contributed by atoms with E-state index in [0.717, 1.165) is 0 Å². The maximum absolute atomic E-state index is 10.9. The monoisotopic (exact) mass is 215 g/mol. The molecule has 0 aliphatic heterocycles. The minimum atomic E-state index is -0.976. The van der Waals surface area contributed by atoms with Crippen molar-refractivity contribution in [1.29, 1.82) is 0 Å². The second kappa shape index (κ2) is 4.06. The molecular formula is C11H9N3O2. The topological polar surface area (TPSA) is 76.0 Å². The molecule has 0 aliphatic carbocycles. The Morgan fingerprint density at radius 2 is 2.06 bits per heavy atom. The van der Waals surface area contributed by atoms with Crippen LogP contribution in [0.25, 0.3) is 11.4 Å². The third-order valence-electron chi connectivity index (χ3n) is 2.03. The Morgan fingerprint density at radius 3 is 2.69 bits per heavy atom. The first kappa shape index (κ1) is 10.2. The molecule has 5 heteroatoms. The van der Waals surface area contributed by atoms with E-state index in [-0.39, 0.29) is 5.56 Å². The third kappa shape index (κ3) is 2.03. The van der Waals surface area contributed by atoms with E-state index in [2.05, 4.69) is 15.0 Å². The molecule has 16 heavy (non-hydrogen) atoms. The molecular weight excluding hydrogens is 206 g/mol. The van der Waals surface area contributed by atoms with Gasteiger partial charge in [0.25, 0.3) is 0 Å². The quantitative estimate of drug-likeness (QED) is 0.822. The number of hydrogen-bond acceptors (Lipinski definition) is 4. The van der Waals surface area contributed by atoms with Crippen molar-refractivity contribution in [3.05, 3.63) is 42.0 Å². The van der Waals surface area contributed by atoms with Crippen molar-refractivity contribution < 1.29 is 9.90 Å². The zero-order valence-corrected chi connectivity index (χ0v) is 8.58. The maximum Gasteiger partial charge on any atom is 0.335 e. The van der Waals surface area contributed by atoms with Crippen molar-refractivity contribution in [2.75, 3.05) is 0 Å². The van der Waals surface area contributed by atoms with Crippen LogP contribution in [0.5, 0.6) is 0 Å². The van der Waals surface area contributed by atoms with Gasteiger partial charge in [-0.25, -0.2) is 4.79 Å². The number of aromatic carboxylic acids is 1. The number of hydrogen-bond donors (Lipinski definition) is 1. The fourth-order valence-corrected chi connectivity index (χ4v) is 1.35. The predicted octanol–water partition coefficient (Wildman–Crippen LogP) is 1.55. The maximum atomic E-state index is 10.9. The van der Waals surface area contributed by atoms with Gasteiger partial charge >= 0.3 is 5.97 Å². The fraction of sp³-hybridized carbons (Fsp3) is 0.0909. The van der Waals surface area contributed by atoms with E-state index in [9.17, 15) is 4.79 Å². The summed E-state index contributed by atoms with van der Waals surface area (Å²) in [5, 5.41) is 8.92. The highest BCUT2D eigenvalue weighted by Gasteiger charge is 2.08. The number of carboxylic acid groups (broad SMARTS) is 1. The molecule has 2 heterocycles. The summed E-state index contributed by atoms with van der Waals surface area (Å²) >= 11 is 0. The molecule has 0 amide bonds. The van der Waals surface area contributed by atoms with Gasteiger partial charge in [-0.2, -0.15) is 0 Å². The van der Waals surface area contributed by atoms with E-state index < -0.39 is 5.97 Å². The molecule has 0 aliphatic rings. The molecule has 1 N–H and O–H groups in total. The summed E-state index contributed by atoms with van der Waals surface area (Å²) in [6.07, 6.45) is 4.64. The van der Waals surface area contributed by atoms with Gasteiger partial charge in [0, 0.05) is 18.1 Å². The average Bonchev–Trinajstić information content (AvgIpc) is 2.29. The van der Waals surface area contributed by atoms with E-state index in [0.29, 0.717) is 17.1 Å². The van der Waals surface area contributed by atoms with Gasteiger partial charge < -0.3 is 5.11 Å². The van der Waals surface area contributed by atoms with Crippen LogP contribution in [0.3, 0.4) is 0 Å². The third-order valence-corrected chi connectivity index (χ3v) is 2.03. The van der Waals surface area contributed by atoms with Crippen LogP contribution in [-0.2, 0) is 0 Å². The molecule has 2 aromatic rings. The lowest BCUT2D eigenvalue weighted by molar-refractivity contribution is 0.0696. The first-order chi connectivity index (χ1) is 7.66. The van der Waals surface area contributed by atoms with E-state index in [1.807, 2.05) is 0 Å². The number of aromatic nitrogens is 3. The summed E-state index contributed by atoms with van der Waals surface area (Å²) in [5.41, 5.74) is 1.92. The van der Waals surface area contributed by atoms with Crippen LogP contribution in [0.15, 0.2) is 30.7 Å². The Kier molecular flexibility index (Phi) is 2.59. The zero-order chi connectivity index (χ0) is 11.5. The van der Waals surface area contributed by atoms with Gasteiger partial charge in [0.1, 0.15) is 5.69 Å². The highest BCUT2D eigenvalue weighted by atomic mass is 16.4. The van der Waals surface area contributed by atoms with Crippen molar-refractivity contribution >= 4 is 5.97 Å². The summed E-state index contributed by atoms with van der Waals surface area (Å²) in [5.74, 6) is -0.976. The van der Waals surface area contributed by atoms with E-state index in [4.69, 9.17) is 5.11 Å². The van der Waals surface area contributed by atoms with Crippen LogP contribution >= 0.6 is 0 Å². The van der Waals surface area contributed by atoms with Gasteiger partial charge in [-0.1, -0.05) is 0 Å². The van der Waals surface area contributed by atoms with Crippen LogP contribution in [0.2, 0.25) is 0 Å². The highest BCUT2D eigenvalue weighted by Crippen LogP contribution is 2.15. The largest absolute Gasteiger partial charge is 0.478 e. The predicted molar refractivity (Wildman–Crippen MR) is 57.0 cm³/mol. The van der Waals surface area contributed by atoms with Crippen molar-refractivity contribution in [2.24, 2.45) is 0 Å². The van der Waals surface area contributed by atoms with Crippen molar-refractivity contribution in [1.82, 2.24) is 15.0 Å². The van der Waals surface area contributed by atoms with Gasteiger partial charge in [0.05, 0.1) is 17.5 Å². The normalized spacial score (nSPS) is 10.1. The van der Waals surface area contributed by atoms with Gasteiger partial charge in [-0.05, 0) is 19.1 Å². The molecule has 0 saturated heterocycles. The van der Waals surface area contributed by atoms with Gasteiger partial charge in [-0.15, -0.1) is 0 Å². The summed E-state index contributed by atoms with van der Waals surface area (Å²) in [6.45, 7) is 1.74. The first-order valence-corrected chi connectivity index (χ1v) is 4.65.